The maximum atomic E-state index is 5.85. The summed E-state index contributed by atoms with van der Waals surface area (Å²) in [4.78, 5) is 0. The zero-order chi connectivity index (χ0) is 16.1. The molecule has 1 aromatic rings. The molecule has 0 saturated carbocycles. The Labute approximate surface area is 150 Å². The molecule has 0 aliphatic carbocycles. The van der Waals surface area contributed by atoms with E-state index in [1.165, 1.54) is 44.9 Å². The van der Waals surface area contributed by atoms with Crippen LogP contribution in [-0.4, -0.2) is 12.6 Å². The van der Waals surface area contributed by atoms with Crippen molar-refractivity contribution in [3.8, 4) is 5.75 Å². The fourth-order valence-corrected chi connectivity index (χ4v) is 4.23. The van der Waals surface area contributed by atoms with E-state index < -0.39 is 6.00 Å². The number of para-hydroxylation sites is 1. The van der Waals surface area contributed by atoms with Crippen LogP contribution in [0.4, 0.5) is 0 Å². The lowest BCUT2D eigenvalue weighted by molar-refractivity contribution is 0.304. The third kappa shape index (κ3) is 12.6. The molecule has 0 radical (unpaired) electrons. The van der Waals surface area contributed by atoms with Gasteiger partial charge in [-0.1, -0.05) is 69.6 Å². The van der Waals surface area contributed by atoms with Gasteiger partial charge in [0.1, 0.15) is 5.75 Å². The van der Waals surface area contributed by atoms with Crippen molar-refractivity contribution < 1.29 is 4.74 Å². The lowest BCUT2D eigenvalue weighted by Crippen LogP contribution is -2.07. The van der Waals surface area contributed by atoms with Crippen LogP contribution >= 0.6 is 33.2 Å². The van der Waals surface area contributed by atoms with Crippen LogP contribution < -0.4 is 4.74 Å². The molecule has 0 aliphatic heterocycles. The molecular formula is C17H27Cl3OSi. The zero-order valence-electron chi connectivity index (χ0n) is 13.2. The maximum Gasteiger partial charge on any atom is 0.341 e. The molecule has 0 fully saturated rings. The molecule has 0 bridgehead atoms. The topological polar surface area (TPSA) is 9.23 Å². The van der Waals surface area contributed by atoms with Crippen LogP contribution in [0.15, 0.2) is 30.3 Å². The Balaban J connectivity index is 1.78. The highest BCUT2D eigenvalue weighted by Gasteiger charge is 2.23. The van der Waals surface area contributed by atoms with Crippen LogP contribution in [0.3, 0.4) is 0 Å². The van der Waals surface area contributed by atoms with Gasteiger partial charge in [-0.3, -0.25) is 0 Å². The zero-order valence-corrected chi connectivity index (χ0v) is 16.5. The van der Waals surface area contributed by atoms with Crippen LogP contribution in [-0.2, 0) is 0 Å². The molecule has 1 rings (SSSR count). The normalized spacial score (nSPS) is 11.6. The summed E-state index contributed by atoms with van der Waals surface area (Å²) in [5.41, 5.74) is 0. The van der Waals surface area contributed by atoms with Gasteiger partial charge >= 0.3 is 6.00 Å². The van der Waals surface area contributed by atoms with Crippen molar-refractivity contribution in [2.75, 3.05) is 6.61 Å². The number of unbranched alkanes of at least 4 members (excludes halogenated alkanes) is 8. The van der Waals surface area contributed by atoms with Gasteiger partial charge in [-0.2, -0.15) is 0 Å². The number of halogens is 3. The van der Waals surface area contributed by atoms with E-state index in [2.05, 4.69) is 0 Å². The second kappa shape index (κ2) is 12.5. The number of ether oxygens (including phenoxy) is 1. The molecule has 1 nitrogen and oxygen atoms in total. The quantitative estimate of drug-likeness (QED) is 0.199. The van der Waals surface area contributed by atoms with Crippen molar-refractivity contribution in [1.29, 1.82) is 0 Å². The molecule has 0 N–H and O–H groups in total. The minimum absolute atomic E-state index is 0.805. The number of rotatable bonds is 13. The summed E-state index contributed by atoms with van der Waals surface area (Å²) in [5, 5.41) is 0. The Kier molecular flexibility index (Phi) is 11.5. The highest BCUT2D eigenvalue weighted by atomic mass is 35.8. The highest BCUT2D eigenvalue weighted by Crippen LogP contribution is 2.27. The number of hydrogen-bond acceptors (Lipinski definition) is 1. The summed E-state index contributed by atoms with van der Waals surface area (Å²) in [5.74, 6) is 0.973. The first kappa shape index (κ1) is 20.2. The molecule has 0 unspecified atom stereocenters. The van der Waals surface area contributed by atoms with Gasteiger partial charge < -0.3 is 4.74 Å². The van der Waals surface area contributed by atoms with Crippen LogP contribution in [0.2, 0.25) is 6.04 Å². The maximum absolute atomic E-state index is 5.85. The SMILES string of the molecule is Cl[Si](Cl)(Cl)CCCCCCCCCCCOc1ccccc1. The van der Waals surface area contributed by atoms with Gasteiger partial charge in [0, 0.05) is 0 Å². The summed E-state index contributed by atoms with van der Waals surface area (Å²) in [6, 6.07) is 8.46. The predicted octanol–water partition coefficient (Wildman–Crippen LogP) is 7.23. The van der Waals surface area contributed by atoms with E-state index in [4.69, 9.17) is 38.0 Å². The van der Waals surface area contributed by atoms with E-state index in [1.807, 2.05) is 30.3 Å². The first-order valence-electron chi connectivity index (χ1n) is 8.32. The molecule has 5 heteroatoms. The summed E-state index contributed by atoms with van der Waals surface area (Å²) >= 11 is 17.6. The first-order valence-corrected chi connectivity index (χ1v) is 13.6. The molecule has 0 aliphatic rings. The highest BCUT2D eigenvalue weighted by molar-refractivity contribution is 7.64. The summed E-state index contributed by atoms with van der Waals surface area (Å²) in [6.45, 7) is 0.824. The van der Waals surface area contributed by atoms with Gasteiger partial charge in [0.05, 0.1) is 6.61 Å². The Morgan fingerprint density at radius 2 is 1.18 bits per heavy atom. The summed E-state index contributed by atoms with van der Waals surface area (Å²) < 4.78 is 5.68. The third-order valence-corrected chi connectivity index (χ3v) is 6.24. The lowest BCUT2D eigenvalue weighted by atomic mass is 10.1. The average Bonchev–Trinajstić information content (AvgIpc) is 2.48. The van der Waals surface area contributed by atoms with Crippen LogP contribution in [0.1, 0.15) is 57.8 Å². The van der Waals surface area contributed by atoms with Crippen LogP contribution in [0.25, 0.3) is 0 Å². The summed E-state index contributed by atoms with van der Waals surface area (Å²) in [7, 11) is 0. The van der Waals surface area contributed by atoms with E-state index in [0.717, 1.165) is 31.2 Å². The monoisotopic (exact) mass is 380 g/mol. The second-order valence-electron chi connectivity index (χ2n) is 5.71. The van der Waals surface area contributed by atoms with Gasteiger partial charge in [0.15, 0.2) is 0 Å². The molecule has 1 aromatic carbocycles. The van der Waals surface area contributed by atoms with Gasteiger partial charge in [-0.15, -0.1) is 33.2 Å². The van der Waals surface area contributed by atoms with Crippen molar-refractivity contribution in [3.05, 3.63) is 30.3 Å². The van der Waals surface area contributed by atoms with E-state index in [-0.39, 0.29) is 0 Å². The standard InChI is InChI=1S/C17H27Cl3OSi/c18-22(19,20)16-12-7-5-3-1-2-4-6-11-15-21-17-13-9-8-10-14-17/h8-10,13-14H,1-7,11-12,15-16H2. The Morgan fingerprint density at radius 3 is 1.73 bits per heavy atom. The molecule has 0 amide bonds. The first-order chi connectivity index (χ1) is 10.6. The molecule has 0 aromatic heterocycles. The van der Waals surface area contributed by atoms with Gasteiger partial charge in [0.2, 0.25) is 0 Å². The fourth-order valence-electron chi connectivity index (χ4n) is 2.37. The molecule has 126 valence electrons. The van der Waals surface area contributed by atoms with Crippen molar-refractivity contribution in [2.45, 2.75) is 63.8 Å². The minimum atomic E-state index is -2.37. The fraction of sp³-hybridized carbons (Fsp3) is 0.647. The van der Waals surface area contributed by atoms with E-state index >= 15 is 0 Å². The van der Waals surface area contributed by atoms with Gasteiger partial charge in [-0.05, 0) is 24.6 Å². The summed E-state index contributed by atoms with van der Waals surface area (Å²) in [6.07, 6.45) is 11.2. The van der Waals surface area contributed by atoms with Crippen molar-refractivity contribution >= 4 is 39.2 Å². The molecule has 0 spiro atoms. The van der Waals surface area contributed by atoms with Crippen LogP contribution in [0.5, 0.6) is 5.75 Å². The van der Waals surface area contributed by atoms with E-state index in [1.54, 1.807) is 0 Å². The van der Waals surface area contributed by atoms with E-state index in [9.17, 15) is 0 Å². The largest absolute Gasteiger partial charge is 0.494 e. The van der Waals surface area contributed by atoms with E-state index in [0.29, 0.717) is 0 Å². The Bertz CT molecular complexity index is 368. The molecular weight excluding hydrogens is 355 g/mol. The molecule has 0 heterocycles. The minimum Gasteiger partial charge on any atom is -0.494 e. The van der Waals surface area contributed by atoms with Crippen LogP contribution in [0, 0.1) is 0 Å². The molecule has 22 heavy (non-hydrogen) atoms. The number of hydrogen-bond donors (Lipinski definition) is 0. The van der Waals surface area contributed by atoms with Gasteiger partial charge in [-0.25, -0.2) is 0 Å². The molecule has 0 atom stereocenters. The van der Waals surface area contributed by atoms with Crippen molar-refractivity contribution in [1.82, 2.24) is 0 Å². The molecule has 0 saturated heterocycles. The third-order valence-electron chi connectivity index (χ3n) is 3.62. The predicted molar refractivity (Wildman–Crippen MR) is 102 cm³/mol. The Morgan fingerprint density at radius 1 is 0.682 bits per heavy atom. The Hall–Kier alpha value is 0.107. The second-order valence-corrected chi connectivity index (χ2v) is 15.0. The lowest BCUT2D eigenvalue weighted by Gasteiger charge is -2.07. The number of benzene rings is 1. The van der Waals surface area contributed by atoms with Crippen molar-refractivity contribution in [2.24, 2.45) is 0 Å². The average molecular weight is 382 g/mol. The van der Waals surface area contributed by atoms with Crippen molar-refractivity contribution in [3.63, 3.8) is 0 Å². The van der Waals surface area contributed by atoms with Gasteiger partial charge in [0.25, 0.3) is 0 Å². The smallest absolute Gasteiger partial charge is 0.341 e.